The van der Waals surface area contributed by atoms with Crippen LogP contribution >= 0.6 is 11.3 Å². The van der Waals surface area contributed by atoms with Crippen LogP contribution < -0.4 is 10.1 Å². The van der Waals surface area contributed by atoms with Crippen molar-refractivity contribution in [1.82, 2.24) is 9.38 Å². The molecule has 2 heterocycles. The predicted octanol–water partition coefficient (Wildman–Crippen LogP) is 7.38. The number of benzene rings is 3. The largest absolute Gasteiger partial charge is 0.497 e. The van der Waals surface area contributed by atoms with Crippen molar-refractivity contribution in [3.8, 4) is 28.3 Å². The molecule has 3 aromatic carbocycles. The minimum Gasteiger partial charge on any atom is -0.497 e. The molecule has 0 aliphatic rings. The van der Waals surface area contributed by atoms with E-state index in [1.165, 1.54) is 30.6 Å². The topological polar surface area (TPSA) is 38.6 Å². The van der Waals surface area contributed by atoms with Gasteiger partial charge >= 0.3 is 0 Å². The summed E-state index contributed by atoms with van der Waals surface area (Å²) >= 11 is 1.42. The number of halogens is 2. The smallest absolute Gasteiger partial charge is 0.196 e. The molecule has 0 aliphatic heterocycles. The highest BCUT2D eigenvalue weighted by Gasteiger charge is 2.25. The molecule has 33 heavy (non-hydrogen) atoms. The van der Waals surface area contributed by atoms with Crippen molar-refractivity contribution >= 4 is 27.8 Å². The van der Waals surface area contributed by atoms with E-state index in [0.717, 1.165) is 28.1 Å². The van der Waals surface area contributed by atoms with Crippen molar-refractivity contribution in [2.24, 2.45) is 0 Å². The molecule has 0 fully saturated rings. The lowest BCUT2D eigenvalue weighted by atomic mass is 10.1. The summed E-state index contributed by atoms with van der Waals surface area (Å²) in [5.41, 5.74) is 4.79. The number of methoxy groups -OCH3 is 1. The summed E-state index contributed by atoms with van der Waals surface area (Å²) in [5, 5.41) is 5.45. The molecule has 0 aliphatic carbocycles. The van der Waals surface area contributed by atoms with E-state index in [9.17, 15) is 0 Å². The molecule has 0 radical (unpaired) electrons. The van der Waals surface area contributed by atoms with Gasteiger partial charge in [-0.05, 0) is 30.5 Å². The Hall–Kier alpha value is -3.71. The zero-order valence-corrected chi connectivity index (χ0v) is 19.1. The summed E-state index contributed by atoms with van der Waals surface area (Å²) < 4.78 is 37.2. The lowest BCUT2D eigenvalue weighted by molar-refractivity contribution is 0.407. The molecule has 0 saturated carbocycles. The molecule has 2 aromatic heterocycles. The van der Waals surface area contributed by atoms with E-state index in [-0.39, 0.29) is 17.0 Å². The van der Waals surface area contributed by atoms with Gasteiger partial charge in [0.25, 0.3) is 0 Å². The van der Waals surface area contributed by atoms with E-state index in [1.807, 2.05) is 72.2 Å². The number of hydrogen-bond donors (Lipinski definition) is 1. The van der Waals surface area contributed by atoms with Gasteiger partial charge in [0.15, 0.2) is 4.96 Å². The maximum atomic E-state index is 15.1. The molecule has 7 heteroatoms. The maximum absolute atomic E-state index is 15.1. The molecule has 5 aromatic rings. The van der Waals surface area contributed by atoms with Crippen LogP contribution in [-0.4, -0.2) is 16.5 Å². The van der Waals surface area contributed by atoms with Crippen LogP contribution in [0.4, 0.5) is 20.3 Å². The summed E-state index contributed by atoms with van der Waals surface area (Å²) in [5.74, 6) is -0.846. The molecule has 166 valence electrons. The van der Waals surface area contributed by atoms with Crippen LogP contribution in [0, 0.1) is 25.5 Å². The summed E-state index contributed by atoms with van der Waals surface area (Å²) in [6, 6.07) is 18.2. The van der Waals surface area contributed by atoms with E-state index < -0.39 is 11.6 Å². The van der Waals surface area contributed by atoms with Gasteiger partial charge in [-0.25, -0.2) is 13.8 Å². The second kappa shape index (κ2) is 8.33. The van der Waals surface area contributed by atoms with E-state index in [1.54, 1.807) is 0 Å². The van der Waals surface area contributed by atoms with Crippen molar-refractivity contribution in [2.45, 2.75) is 13.8 Å². The predicted molar refractivity (Wildman–Crippen MR) is 130 cm³/mol. The third kappa shape index (κ3) is 3.64. The first-order valence-electron chi connectivity index (χ1n) is 10.4. The first kappa shape index (κ1) is 21.2. The molecule has 0 saturated heterocycles. The van der Waals surface area contributed by atoms with Crippen molar-refractivity contribution in [2.75, 3.05) is 12.4 Å². The zero-order valence-electron chi connectivity index (χ0n) is 18.3. The van der Waals surface area contributed by atoms with Crippen LogP contribution in [-0.2, 0) is 0 Å². The highest BCUT2D eigenvalue weighted by atomic mass is 32.1. The minimum absolute atomic E-state index is 0.115. The molecule has 0 atom stereocenters. The molecular weight excluding hydrogens is 440 g/mol. The molecule has 0 unspecified atom stereocenters. The standard InChI is InChI=1S/C26H21F2N3OS/c1-15-8-7-9-16(2)23(15)29-25-24(22-19(27)12-18(32-3)13-20(22)28)30-26-31(25)21(14-33-26)17-10-5-4-6-11-17/h4-14,29H,1-3H3. The van der Waals surface area contributed by atoms with Gasteiger partial charge in [-0.3, -0.25) is 4.40 Å². The molecule has 1 N–H and O–H groups in total. The highest BCUT2D eigenvalue weighted by molar-refractivity contribution is 7.15. The summed E-state index contributed by atoms with van der Waals surface area (Å²) in [4.78, 5) is 5.29. The van der Waals surface area contributed by atoms with Crippen molar-refractivity contribution in [3.63, 3.8) is 0 Å². The zero-order chi connectivity index (χ0) is 23.1. The number of fused-ring (bicyclic) bond motifs is 1. The number of nitrogens with zero attached hydrogens (tertiary/aromatic N) is 2. The third-order valence-electron chi connectivity index (χ3n) is 5.65. The maximum Gasteiger partial charge on any atom is 0.196 e. The van der Waals surface area contributed by atoms with Gasteiger partial charge in [-0.1, -0.05) is 48.5 Å². The first-order chi connectivity index (χ1) is 16.0. The van der Waals surface area contributed by atoms with E-state index in [2.05, 4.69) is 10.3 Å². The Morgan fingerprint density at radius 2 is 1.61 bits per heavy atom. The number of aromatic nitrogens is 2. The fourth-order valence-corrected chi connectivity index (χ4v) is 4.88. The van der Waals surface area contributed by atoms with E-state index in [4.69, 9.17) is 4.74 Å². The fraction of sp³-hybridized carbons (Fsp3) is 0.115. The summed E-state index contributed by atoms with van der Waals surface area (Å²) in [7, 11) is 1.38. The Balaban J connectivity index is 1.81. The number of hydrogen-bond acceptors (Lipinski definition) is 4. The van der Waals surface area contributed by atoms with Crippen molar-refractivity contribution in [3.05, 3.63) is 88.8 Å². The number of ether oxygens (including phenoxy) is 1. The van der Waals surface area contributed by atoms with Gasteiger partial charge in [0, 0.05) is 23.2 Å². The van der Waals surface area contributed by atoms with E-state index >= 15 is 8.78 Å². The Morgan fingerprint density at radius 1 is 0.939 bits per heavy atom. The number of thiazole rings is 1. The summed E-state index contributed by atoms with van der Waals surface area (Å²) in [6.07, 6.45) is 0. The quantitative estimate of drug-likeness (QED) is 0.297. The van der Waals surface area contributed by atoms with Crippen molar-refractivity contribution < 1.29 is 13.5 Å². The molecule has 0 bridgehead atoms. The van der Waals surface area contributed by atoms with Gasteiger partial charge in [-0.15, -0.1) is 11.3 Å². The number of rotatable bonds is 5. The van der Waals surface area contributed by atoms with Crippen LogP contribution in [0.2, 0.25) is 0 Å². The Bertz CT molecular complexity index is 1430. The second-order valence-electron chi connectivity index (χ2n) is 7.77. The molecular formula is C26H21F2N3OS. The second-order valence-corrected chi connectivity index (χ2v) is 8.61. The molecule has 5 rings (SSSR count). The average Bonchev–Trinajstić information content (AvgIpc) is 3.36. The highest BCUT2D eigenvalue weighted by Crippen LogP contribution is 2.40. The van der Waals surface area contributed by atoms with E-state index in [0.29, 0.717) is 10.8 Å². The van der Waals surface area contributed by atoms with Gasteiger partial charge in [0.1, 0.15) is 28.9 Å². The number of nitrogens with one attached hydrogen (secondary N) is 1. The SMILES string of the molecule is COc1cc(F)c(-c2nc3scc(-c4ccccc4)n3c2Nc2c(C)cccc2C)c(F)c1. The van der Waals surface area contributed by atoms with Crippen molar-refractivity contribution in [1.29, 1.82) is 0 Å². The first-order valence-corrected chi connectivity index (χ1v) is 11.3. The number of para-hydroxylation sites is 1. The van der Waals surface area contributed by atoms with Crippen LogP contribution in [0.3, 0.4) is 0 Å². The molecule has 4 nitrogen and oxygen atoms in total. The molecule has 0 amide bonds. The fourth-order valence-electron chi connectivity index (χ4n) is 3.98. The van der Waals surface area contributed by atoms with Crippen LogP contribution in [0.1, 0.15) is 11.1 Å². The lowest BCUT2D eigenvalue weighted by Gasteiger charge is -2.15. The van der Waals surface area contributed by atoms with Crippen LogP contribution in [0.5, 0.6) is 5.75 Å². The van der Waals surface area contributed by atoms with Gasteiger partial charge in [-0.2, -0.15) is 0 Å². The number of imidazole rings is 1. The van der Waals surface area contributed by atoms with Gasteiger partial charge in [0.2, 0.25) is 0 Å². The van der Waals surface area contributed by atoms with Crippen LogP contribution in [0.25, 0.3) is 27.5 Å². The minimum atomic E-state index is -0.733. The summed E-state index contributed by atoms with van der Waals surface area (Å²) in [6.45, 7) is 3.99. The van der Waals surface area contributed by atoms with Gasteiger partial charge in [0.05, 0.1) is 18.4 Å². The average molecular weight is 462 g/mol. The Morgan fingerprint density at radius 3 is 2.24 bits per heavy atom. The normalized spacial score (nSPS) is 11.2. The monoisotopic (exact) mass is 461 g/mol. The lowest BCUT2D eigenvalue weighted by Crippen LogP contribution is -2.03. The number of aryl methyl sites for hydroxylation is 2. The third-order valence-corrected chi connectivity index (χ3v) is 6.47. The Kier molecular flexibility index (Phi) is 5.34. The van der Waals surface area contributed by atoms with Crippen LogP contribution in [0.15, 0.2) is 66.0 Å². The Labute approximate surface area is 194 Å². The van der Waals surface area contributed by atoms with Gasteiger partial charge < -0.3 is 10.1 Å². The number of anilines is 2. The molecule has 0 spiro atoms.